The van der Waals surface area contributed by atoms with E-state index in [0.717, 1.165) is 11.1 Å². The second-order valence-corrected chi connectivity index (χ2v) is 5.89. The van der Waals surface area contributed by atoms with Crippen LogP contribution in [0.5, 0.6) is 11.5 Å². The van der Waals surface area contributed by atoms with Crippen molar-refractivity contribution >= 4 is 5.71 Å². The predicted octanol–water partition coefficient (Wildman–Crippen LogP) is 4.91. The van der Waals surface area contributed by atoms with Crippen LogP contribution in [0.4, 0.5) is 0 Å². The van der Waals surface area contributed by atoms with Gasteiger partial charge in [0.25, 0.3) is 0 Å². The normalized spacial score (nSPS) is 11.2. The standard InChI is InChI=1S/C22H21NO3/c1-17(23-26-16-19-10-6-3-7-11-19)21-13-12-20(14-22(21)24)25-15-18-8-4-2-5-9-18/h2-14,24H,15-16H2,1H3. The Balaban J connectivity index is 1.60. The van der Waals surface area contributed by atoms with Crippen molar-refractivity contribution in [3.05, 3.63) is 95.6 Å². The lowest BCUT2D eigenvalue weighted by molar-refractivity contribution is 0.130. The fourth-order valence-electron chi connectivity index (χ4n) is 2.48. The molecule has 0 atom stereocenters. The quantitative estimate of drug-likeness (QED) is 0.488. The summed E-state index contributed by atoms with van der Waals surface area (Å²) in [4.78, 5) is 5.37. The Hall–Kier alpha value is -3.27. The molecule has 3 rings (SSSR count). The van der Waals surface area contributed by atoms with Crippen LogP contribution in [0.3, 0.4) is 0 Å². The molecule has 0 aliphatic carbocycles. The van der Waals surface area contributed by atoms with Gasteiger partial charge in [-0.3, -0.25) is 0 Å². The number of phenolic OH excluding ortho intramolecular Hbond substituents is 1. The zero-order valence-electron chi connectivity index (χ0n) is 14.6. The number of nitrogens with zero attached hydrogens (tertiary/aromatic N) is 1. The smallest absolute Gasteiger partial charge is 0.142 e. The SMILES string of the molecule is CC(=NOCc1ccccc1)c1ccc(OCc2ccccc2)cc1O. The van der Waals surface area contributed by atoms with Crippen molar-refractivity contribution in [2.24, 2.45) is 5.16 Å². The fraction of sp³-hybridized carbons (Fsp3) is 0.136. The van der Waals surface area contributed by atoms with E-state index in [1.165, 1.54) is 0 Å². The van der Waals surface area contributed by atoms with Crippen LogP contribution >= 0.6 is 0 Å². The van der Waals surface area contributed by atoms with Crippen molar-refractivity contribution in [1.29, 1.82) is 0 Å². The number of ether oxygens (including phenoxy) is 1. The van der Waals surface area contributed by atoms with Crippen LogP contribution in [0.2, 0.25) is 0 Å². The highest BCUT2D eigenvalue weighted by Gasteiger charge is 2.07. The number of phenols is 1. The Morgan fingerprint density at radius 1 is 0.846 bits per heavy atom. The number of rotatable bonds is 7. The van der Waals surface area contributed by atoms with E-state index in [1.54, 1.807) is 19.1 Å². The van der Waals surface area contributed by atoms with E-state index in [4.69, 9.17) is 9.57 Å². The molecule has 0 aliphatic heterocycles. The molecule has 1 N–H and O–H groups in total. The Morgan fingerprint density at radius 2 is 1.46 bits per heavy atom. The monoisotopic (exact) mass is 347 g/mol. The minimum atomic E-state index is 0.111. The van der Waals surface area contributed by atoms with Crippen molar-refractivity contribution in [3.8, 4) is 11.5 Å². The van der Waals surface area contributed by atoms with Crippen molar-refractivity contribution in [2.75, 3.05) is 0 Å². The van der Waals surface area contributed by atoms with E-state index in [2.05, 4.69) is 5.16 Å². The van der Waals surface area contributed by atoms with Crippen molar-refractivity contribution in [1.82, 2.24) is 0 Å². The lowest BCUT2D eigenvalue weighted by Gasteiger charge is -2.09. The second kappa shape index (κ2) is 8.72. The first-order valence-corrected chi connectivity index (χ1v) is 8.43. The first-order chi connectivity index (χ1) is 12.7. The summed E-state index contributed by atoms with van der Waals surface area (Å²) in [6, 6.07) is 24.9. The lowest BCUT2D eigenvalue weighted by Crippen LogP contribution is -1.99. The molecule has 0 saturated carbocycles. The molecule has 0 aliphatic rings. The van der Waals surface area contributed by atoms with Gasteiger partial charge in [-0.1, -0.05) is 65.8 Å². The lowest BCUT2D eigenvalue weighted by atomic mass is 10.1. The van der Waals surface area contributed by atoms with Gasteiger partial charge in [0.05, 0.1) is 5.71 Å². The van der Waals surface area contributed by atoms with Gasteiger partial charge in [-0.2, -0.15) is 0 Å². The van der Waals surface area contributed by atoms with Gasteiger partial charge in [0, 0.05) is 11.6 Å². The molecular weight excluding hydrogens is 326 g/mol. The Kier molecular flexibility index (Phi) is 5.88. The minimum Gasteiger partial charge on any atom is -0.507 e. The molecular formula is C22H21NO3. The summed E-state index contributed by atoms with van der Waals surface area (Å²) < 4.78 is 5.72. The van der Waals surface area contributed by atoms with Crippen LogP contribution < -0.4 is 4.74 Å². The van der Waals surface area contributed by atoms with Gasteiger partial charge >= 0.3 is 0 Å². The van der Waals surface area contributed by atoms with Gasteiger partial charge in [-0.05, 0) is 30.2 Å². The molecule has 0 amide bonds. The average molecular weight is 347 g/mol. The molecule has 0 unspecified atom stereocenters. The summed E-state index contributed by atoms with van der Waals surface area (Å²) in [6.07, 6.45) is 0. The van der Waals surface area contributed by atoms with Crippen LogP contribution in [0.15, 0.2) is 84.0 Å². The first kappa shape index (κ1) is 17.5. The summed E-state index contributed by atoms with van der Waals surface area (Å²) in [5.41, 5.74) is 3.33. The Bertz CT molecular complexity index is 861. The van der Waals surface area contributed by atoms with Crippen LogP contribution in [0.25, 0.3) is 0 Å². The Labute approximate surface area is 153 Å². The van der Waals surface area contributed by atoms with Crippen molar-refractivity contribution < 1.29 is 14.7 Å². The van der Waals surface area contributed by atoms with Crippen LogP contribution in [0.1, 0.15) is 23.6 Å². The maximum Gasteiger partial charge on any atom is 0.142 e. The van der Waals surface area contributed by atoms with E-state index < -0.39 is 0 Å². The highest BCUT2D eigenvalue weighted by atomic mass is 16.6. The predicted molar refractivity (Wildman–Crippen MR) is 102 cm³/mol. The molecule has 132 valence electrons. The topological polar surface area (TPSA) is 51.0 Å². The molecule has 0 saturated heterocycles. The molecule has 4 heteroatoms. The molecule has 0 fully saturated rings. The molecule has 3 aromatic rings. The maximum atomic E-state index is 10.3. The number of hydrogen-bond acceptors (Lipinski definition) is 4. The zero-order valence-corrected chi connectivity index (χ0v) is 14.6. The van der Waals surface area contributed by atoms with E-state index in [9.17, 15) is 5.11 Å². The average Bonchev–Trinajstić information content (AvgIpc) is 2.68. The zero-order chi connectivity index (χ0) is 18.2. The summed E-state index contributed by atoms with van der Waals surface area (Å²) in [6.45, 7) is 2.63. The molecule has 0 heterocycles. The van der Waals surface area contributed by atoms with Crippen LogP contribution in [0, 0.1) is 0 Å². The molecule has 0 aromatic heterocycles. The summed E-state index contributed by atoms with van der Waals surface area (Å²) in [7, 11) is 0. The van der Waals surface area contributed by atoms with E-state index in [0.29, 0.717) is 30.2 Å². The summed E-state index contributed by atoms with van der Waals surface area (Å²) >= 11 is 0. The first-order valence-electron chi connectivity index (χ1n) is 8.43. The van der Waals surface area contributed by atoms with Crippen LogP contribution in [-0.2, 0) is 18.1 Å². The van der Waals surface area contributed by atoms with Gasteiger partial charge in [0.2, 0.25) is 0 Å². The van der Waals surface area contributed by atoms with Gasteiger partial charge in [-0.25, -0.2) is 0 Å². The third-order valence-corrected chi connectivity index (χ3v) is 3.88. The van der Waals surface area contributed by atoms with Crippen LogP contribution in [-0.4, -0.2) is 10.8 Å². The summed E-state index contributed by atoms with van der Waals surface area (Å²) in [5.74, 6) is 0.716. The van der Waals surface area contributed by atoms with Gasteiger partial charge in [0.15, 0.2) is 0 Å². The Morgan fingerprint density at radius 3 is 2.08 bits per heavy atom. The molecule has 0 bridgehead atoms. The second-order valence-electron chi connectivity index (χ2n) is 5.89. The van der Waals surface area contributed by atoms with Crippen molar-refractivity contribution in [3.63, 3.8) is 0 Å². The van der Waals surface area contributed by atoms with Gasteiger partial charge < -0.3 is 14.7 Å². The third kappa shape index (κ3) is 4.86. The minimum absolute atomic E-state index is 0.111. The maximum absolute atomic E-state index is 10.3. The number of hydrogen-bond donors (Lipinski definition) is 1. The fourth-order valence-corrected chi connectivity index (χ4v) is 2.48. The summed E-state index contributed by atoms with van der Waals surface area (Å²) in [5, 5.41) is 14.3. The van der Waals surface area contributed by atoms with E-state index >= 15 is 0 Å². The van der Waals surface area contributed by atoms with Gasteiger partial charge in [0.1, 0.15) is 24.7 Å². The third-order valence-electron chi connectivity index (χ3n) is 3.88. The molecule has 0 radical (unpaired) electrons. The molecule has 26 heavy (non-hydrogen) atoms. The van der Waals surface area contributed by atoms with E-state index in [1.807, 2.05) is 66.7 Å². The highest BCUT2D eigenvalue weighted by Crippen LogP contribution is 2.25. The van der Waals surface area contributed by atoms with E-state index in [-0.39, 0.29) is 5.75 Å². The number of aromatic hydroxyl groups is 1. The highest BCUT2D eigenvalue weighted by molar-refractivity contribution is 6.00. The molecule has 0 spiro atoms. The van der Waals surface area contributed by atoms with Crippen molar-refractivity contribution in [2.45, 2.75) is 20.1 Å². The largest absolute Gasteiger partial charge is 0.507 e. The number of oxime groups is 1. The molecule has 4 nitrogen and oxygen atoms in total. The number of benzene rings is 3. The van der Waals surface area contributed by atoms with Gasteiger partial charge in [-0.15, -0.1) is 0 Å². The molecule has 3 aromatic carbocycles.